The van der Waals surface area contributed by atoms with Crippen molar-refractivity contribution < 1.29 is 4.79 Å². The maximum Gasteiger partial charge on any atom is 0.241 e. The highest BCUT2D eigenvalue weighted by molar-refractivity contribution is 5.94. The number of carbonyl (C=O) groups is 1. The number of nitrogens with one attached hydrogen (secondary N) is 1. The summed E-state index contributed by atoms with van der Waals surface area (Å²) in [6.45, 7) is 1.59. The number of amides is 1. The molecule has 2 rings (SSSR count). The molecule has 100 valence electrons. The quantitative estimate of drug-likeness (QED) is 0.920. The SMILES string of the molecule is CC(C#N)C(=O)Nc1ccccc1Cc1ccccc1. The van der Waals surface area contributed by atoms with E-state index in [9.17, 15) is 4.79 Å². The van der Waals surface area contributed by atoms with Crippen LogP contribution in [-0.2, 0) is 11.2 Å². The van der Waals surface area contributed by atoms with Crippen molar-refractivity contribution in [3.8, 4) is 6.07 Å². The normalized spacial score (nSPS) is 11.4. The Kier molecular flexibility index (Phi) is 4.52. The van der Waals surface area contributed by atoms with Gasteiger partial charge in [-0.15, -0.1) is 0 Å². The second-order valence-electron chi connectivity index (χ2n) is 4.66. The van der Waals surface area contributed by atoms with Gasteiger partial charge in [0.2, 0.25) is 5.91 Å². The first-order valence-corrected chi connectivity index (χ1v) is 6.53. The van der Waals surface area contributed by atoms with Crippen molar-refractivity contribution in [1.82, 2.24) is 0 Å². The molecule has 0 heterocycles. The van der Waals surface area contributed by atoms with Crippen molar-refractivity contribution >= 4 is 11.6 Å². The third-order valence-electron chi connectivity index (χ3n) is 3.10. The Hall–Kier alpha value is -2.60. The minimum atomic E-state index is -0.653. The van der Waals surface area contributed by atoms with Crippen LogP contribution in [0.4, 0.5) is 5.69 Å². The molecule has 1 N–H and O–H groups in total. The number of nitriles is 1. The fourth-order valence-electron chi connectivity index (χ4n) is 1.91. The number of hydrogen-bond donors (Lipinski definition) is 1. The molecule has 1 unspecified atom stereocenters. The zero-order valence-corrected chi connectivity index (χ0v) is 11.3. The van der Waals surface area contributed by atoms with E-state index in [2.05, 4.69) is 17.4 Å². The van der Waals surface area contributed by atoms with E-state index in [1.165, 1.54) is 5.56 Å². The molecule has 0 aliphatic rings. The molecule has 3 nitrogen and oxygen atoms in total. The summed E-state index contributed by atoms with van der Waals surface area (Å²) in [5, 5.41) is 11.6. The zero-order chi connectivity index (χ0) is 14.4. The molecule has 0 spiro atoms. The molecule has 0 aliphatic heterocycles. The van der Waals surface area contributed by atoms with Gasteiger partial charge in [-0.3, -0.25) is 4.79 Å². The largest absolute Gasteiger partial charge is 0.325 e. The molecule has 1 atom stereocenters. The van der Waals surface area contributed by atoms with Crippen molar-refractivity contribution in [2.75, 3.05) is 5.32 Å². The van der Waals surface area contributed by atoms with Crippen LogP contribution in [0.1, 0.15) is 18.1 Å². The van der Waals surface area contributed by atoms with Gasteiger partial charge in [0.1, 0.15) is 5.92 Å². The monoisotopic (exact) mass is 264 g/mol. The number of rotatable bonds is 4. The summed E-state index contributed by atoms with van der Waals surface area (Å²) >= 11 is 0. The number of benzene rings is 2. The van der Waals surface area contributed by atoms with E-state index in [4.69, 9.17) is 5.26 Å². The molecule has 1 amide bonds. The lowest BCUT2D eigenvalue weighted by molar-refractivity contribution is -0.117. The highest BCUT2D eigenvalue weighted by atomic mass is 16.1. The lowest BCUT2D eigenvalue weighted by atomic mass is 10.0. The zero-order valence-electron chi connectivity index (χ0n) is 11.3. The standard InChI is InChI=1S/C17H16N2O/c1-13(12-18)17(20)19-16-10-6-5-9-15(16)11-14-7-3-2-4-8-14/h2-10,13H,11H2,1H3,(H,19,20). The van der Waals surface area contributed by atoms with Gasteiger partial charge >= 0.3 is 0 Å². The fourth-order valence-corrected chi connectivity index (χ4v) is 1.91. The number of nitrogens with zero attached hydrogens (tertiary/aromatic N) is 1. The number of hydrogen-bond acceptors (Lipinski definition) is 2. The predicted molar refractivity (Wildman–Crippen MR) is 79.1 cm³/mol. The van der Waals surface area contributed by atoms with E-state index in [1.54, 1.807) is 6.92 Å². The maximum atomic E-state index is 11.8. The van der Waals surface area contributed by atoms with Crippen LogP contribution in [0.5, 0.6) is 0 Å². The van der Waals surface area contributed by atoms with Crippen molar-refractivity contribution in [2.24, 2.45) is 5.92 Å². The Balaban J connectivity index is 2.19. The highest BCUT2D eigenvalue weighted by Crippen LogP contribution is 2.19. The van der Waals surface area contributed by atoms with Crippen molar-refractivity contribution in [3.05, 3.63) is 65.7 Å². The molecule has 3 heteroatoms. The van der Waals surface area contributed by atoms with E-state index < -0.39 is 5.92 Å². The summed E-state index contributed by atoms with van der Waals surface area (Å²) in [6.07, 6.45) is 0.748. The van der Waals surface area contributed by atoms with Crippen LogP contribution in [0.3, 0.4) is 0 Å². The van der Waals surface area contributed by atoms with Gasteiger partial charge in [0.15, 0.2) is 0 Å². The van der Waals surface area contributed by atoms with Crippen LogP contribution in [-0.4, -0.2) is 5.91 Å². The van der Waals surface area contributed by atoms with Gasteiger partial charge in [-0.05, 0) is 30.5 Å². The Morgan fingerprint density at radius 1 is 1.15 bits per heavy atom. The lowest BCUT2D eigenvalue weighted by Crippen LogP contribution is -2.19. The molecule has 2 aromatic carbocycles. The summed E-state index contributed by atoms with van der Waals surface area (Å²) in [4.78, 5) is 11.8. The highest BCUT2D eigenvalue weighted by Gasteiger charge is 2.13. The summed E-state index contributed by atoms with van der Waals surface area (Å²) in [5.41, 5.74) is 2.99. The summed E-state index contributed by atoms with van der Waals surface area (Å²) in [7, 11) is 0. The average molecular weight is 264 g/mol. The smallest absolute Gasteiger partial charge is 0.241 e. The van der Waals surface area contributed by atoms with Crippen LogP contribution in [0.15, 0.2) is 54.6 Å². The Morgan fingerprint density at radius 3 is 2.50 bits per heavy atom. The van der Waals surface area contributed by atoms with Crippen molar-refractivity contribution in [1.29, 1.82) is 5.26 Å². The van der Waals surface area contributed by atoms with E-state index in [1.807, 2.05) is 48.5 Å². The molecule has 0 aliphatic carbocycles. The summed E-state index contributed by atoms with van der Waals surface area (Å²) in [6, 6.07) is 19.7. The first kappa shape index (κ1) is 13.8. The van der Waals surface area contributed by atoms with Gasteiger partial charge in [0.05, 0.1) is 6.07 Å². The van der Waals surface area contributed by atoms with Crippen LogP contribution >= 0.6 is 0 Å². The third kappa shape index (κ3) is 3.46. The molecule has 0 fully saturated rings. The number of anilines is 1. The average Bonchev–Trinajstić information content (AvgIpc) is 2.49. The fraction of sp³-hybridized carbons (Fsp3) is 0.176. The predicted octanol–water partition coefficient (Wildman–Crippen LogP) is 3.38. The second kappa shape index (κ2) is 6.53. The molecule has 0 aromatic heterocycles. The maximum absolute atomic E-state index is 11.8. The Labute approximate surface area is 118 Å². The van der Waals surface area contributed by atoms with Crippen LogP contribution < -0.4 is 5.32 Å². The first-order valence-electron chi connectivity index (χ1n) is 6.53. The lowest BCUT2D eigenvalue weighted by Gasteiger charge is -2.12. The Bertz CT molecular complexity index is 629. The van der Waals surface area contributed by atoms with E-state index in [0.717, 1.165) is 17.7 Å². The molecule has 0 bridgehead atoms. The third-order valence-corrected chi connectivity index (χ3v) is 3.10. The van der Waals surface area contributed by atoms with Crippen molar-refractivity contribution in [2.45, 2.75) is 13.3 Å². The van der Waals surface area contributed by atoms with Crippen LogP contribution in [0.25, 0.3) is 0 Å². The molecule has 0 saturated heterocycles. The van der Waals surface area contributed by atoms with Gasteiger partial charge in [-0.25, -0.2) is 0 Å². The van der Waals surface area contributed by atoms with Gasteiger partial charge < -0.3 is 5.32 Å². The van der Waals surface area contributed by atoms with Crippen LogP contribution in [0, 0.1) is 17.2 Å². The Morgan fingerprint density at radius 2 is 1.80 bits per heavy atom. The van der Waals surface area contributed by atoms with E-state index in [-0.39, 0.29) is 5.91 Å². The van der Waals surface area contributed by atoms with Crippen molar-refractivity contribution in [3.63, 3.8) is 0 Å². The van der Waals surface area contributed by atoms with E-state index >= 15 is 0 Å². The molecule has 0 saturated carbocycles. The molecular weight excluding hydrogens is 248 g/mol. The molecule has 2 aromatic rings. The summed E-state index contributed by atoms with van der Waals surface area (Å²) in [5.74, 6) is -0.923. The van der Waals surface area contributed by atoms with E-state index in [0.29, 0.717) is 0 Å². The van der Waals surface area contributed by atoms with Gasteiger partial charge in [0, 0.05) is 5.69 Å². The van der Waals surface area contributed by atoms with Gasteiger partial charge in [-0.1, -0.05) is 48.5 Å². The summed E-state index contributed by atoms with van der Waals surface area (Å²) < 4.78 is 0. The van der Waals surface area contributed by atoms with Gasteiger partial charge in [-0.2, -0.15) is 5.26 Å². The molecule has 20 heavy (non-hydrogen) atoms. The topological polar surface area (TPSA) is 52.9 Å². The molecular formula is C17H16N2O. The minimum Gasteiger partial charge on any atom is -0.325 e. The first-order chi connectivity index (χ1) is 9.70. The number of para-hydroxylation sites is 1. The number of carbonyl (C=O) groups excluding carboxylic acids is 1. The second-order valence-corrected chi connectivity index (χ2v) is 4.66. The minimum absolute atomic E-state index is 0.270. The van der Waals surface area contributed by atoms with Crippen LogP contribution in [0.2, 0.25) is 0 Å². The van der Waals surface area contributed by atoms with Gasteiger partial charge in [0.25, 0.3) is 0 Å². The molecule has 0 radical (unpaired) electrons.